The summed E-state index contributed by atoms with van der Waals surface area (Å²) in [6, 6.07) is 10.8. The third-order valence-corrected chi connectivity index (χ3v) is 3.46. The molecule has 0 spiro atoms. The average Bonchev–Trinajstić information content (AvgIpc) is 2.81. The van der Waals surface area contributed by atoms with Crippen LogP contribution in [0.1, 0.15) is 25.3 Å². The predicted molar refractivity (Wildman–Crippen MR) is 79.6 cm³/mol. The van der Waals surface area contributed by atoms with Gasteiger partial charge in [-0.2, -0.15) is 0 Å². The number of hydrogen-bond acceptors (Lipinski definition) is 3. The van der Waals surface area contributed by atoms with Crippen LogP contribution in [0.3, 0.4) is 0 Å². The molecule has 0 saturated carbocycles. The van der Waals surface area contributed by atoms with Gasteiger partial charge in [0.1, 0.15) is 22.5 Å². The minimum Gasteiger partial charge on any atom is -0.506 e. The highest BCUT2D eigenvalue weighted by Crippen LogP contribution is 2.26. The number of rotatable bonds is 2. The first-order valence-corrected chi connectivity index (χ1v) is 6.78. The van der Waals surface area contributed by atoms with Gasteiger partial charge < -0.3 is 5.11 Å². The van der Waals surface area contributed by atoms with Crippen molar-refractivity contribution in [1.82, 2.24) is 15.0 Å². The maximum atomic E-state index is 10.0. The summed E-state index contributed by atoms with van der Waals surface area (Å²) in [4.78, 5) is 1.45. The lowest BCUT2D eigenvalue weighted by Crippen LogP contribution is -2.00. The van der Waals surface area contributed by atoms with Gasteiger partial charge in [0.2, 0.25) is 0 Å². The number of hydrogen-bond donors (Lipinski definition) is 1. The fraction of sp³-hybridized carbons (Fsp3) is 0.200. The molecule has 0 aliphatic heterocycles. The van der Waals surface area contributed by atoms with Crippen molar-refractivity contribution in [3.05, 3.63) is 47.0 Å². The Labute approximate surface area is 121 Å². The SMILES string of the molecule is CC(C)c1ccc(O)c(-n2nc3ccc(Cl)cc3n2)c1. The second-order valence-electron chi connectivity index (χ2n) is 5.03. The normalized spacial score (nSPS) is 11.4. The van der Waals surface area contributed by atoms with E-state index in [1.165, 1.54) is 4.80 Å². The number of phenolic OH excluding ortho intramolecular Hbond substituents is 1. The van der Waals surface area contributed by atoms with Gasteiger partial charge >= 0.3 is 0 Å². The Balaban J connectivity index is 2.17. The Kier molecular flexibility index (Phi) is 3.10. The molecule has 0 fully saturated rings. The van der Waals surface area contributed by atoms with E-state index in [0.717, 1.165) is 11.1 Å². The van der Waals surface area contributed by atoms with E-state index in [1.54, 1.807) is 18.2 Å². The van der Waals surface area contributed by atoms with Gasteiger partial charge in [0.25, 0.3) is 0 Å². The Morgan fingerprint density at radius 2 is 1.80 bits per heavy atom. The smallest absolute Gasteiger partial charge is 0.143 e. The first-order valence-electron chi connectivity index (χ1n) is 6.40. The molecular formula is C15H14ClN3O. The third kappa shape index (κ3) is 2.23. The first kappa shape index (κ1) is 12.9. The van der Waals surface area contributed by atoms with E-state index < -0.39 is 0 Å². The summed E-state index contributed by atoms with van der Waals surface area (Å²) < 4.78 is 0. The zero-order valence-corrected chi connectivity index (χ0v) is 12.0. The number of halogens is 1. The highest BCUT2D eigenvalue weighted by molar-refractivity contribution is 6.31. The van der Waals surface area contributed by atoms with E-state index in [0.29, 0.717) is 22.1 Å². The second kappa shape index (κ2) is 4.80. The van der Waals surface area contributed by atoms with Crippen LogP contribution in [0, 0.1) is 0 Å². The molecule has 5 heteroatoms. The molecule has 2 aromatic carbocycles. The van der Waals surface area contributed by atoms with Crippen molar-refractivity contribution < 1.29 is 5.11 Å². The Morgan fingerprint density at radius 3 is 2.55 bits per heavy atom. The number of fused-ring (bicyclic) bond motifs is 1. The van der Waals surface area contributed by atoms with Crippen LogP contribution in [0.2, 0.25) is 5.02 Å². The summed E-state index contributed by atoms with van der Waals surface area (Å²) >= 11 is 5.95. The van der Waals surface area contributed by atoms with Gasteiger partial charge in [-0.3, -0.25) is 0 Å². The molecule has 102 valence electrons. The monoisotopic (exact) mass is 287 g/mol. The summed E-state index contributed by atoms with van der Waals surface area (Å²) in [5, 5.41) is 19.4. The van der Waals surface area contributed by atoms with E-state index in [2.05, 4.69) is 24.0 Å². The largest absolute Gasteiger partial charge is 0.506 e. The quantitative estimate of drug-likeness (QED) is 0.777. The molecule has 1 heterocycles. The van der Waals surface area contributed by atoms with Crippen LogP contribution in [0.4, 0.5) is 0 Å². The van der Waals surface area contributed by atoms with Crippen molar-refractivity contribution in [2.45, 2.75) is 19.8 Å². The Hall–Kier alpha value is -2.07. The van der Waals surface area contributed by atoms with E-state index >= 15 is 0 Å². The van der Waals surface area contributed by atoms with Gasteiger partial charge in [0, 0.05) is 5.02 Å². The van der Waals surface area contributed by atoms with Gasteiger partial charge in [-0.1, -0.05) is 31.5 Å². The van der Waals surface area contributed by atoms with Crippen LogP contribution in [0.15, 0.2) is 36.4 Å². The number of phenols is 1. The lowest BCUT2D eigenvalue weighted by molar-refractivity contribution is 0.467. The van der Waals surface area contributed by atoms with Gasteiger partial charge in [-0.25, -0.2) is 0 Å². The molecule has 0 amide bonds. The van der Waals surface area contributed by atoms with Crippen molar-refractivity contribution in [2.75, 3.05) is 0 Å². The minimum absolute atomic E-state index is 0.154. The van der Waals surface area contributed by atoms with Gasteiger partial charge in [0.15, 0.2) is 0 Å². The Bertz CT molecular complexity index is 780. The zero-order valence-electron chi connectivity index (χ0n) is 11.2. The lowest BCUT2D eigenvalue weighted by atomic mass is 10.0. The van der Waals surface area contributed by atoms with Crippen LogP contribution >= 0.6 is 11.6 Å². The summed E-state index contributed by atoms with van der Waals surface area (Å²) in [6.45, 7) is 4.20. The number of benzene rings is 2. The van der Waals surface area contributed by atoms with E-state index in [-0.39, 0.29) is 5.75 Å². The van der Waals surface area contributed by atoms with Crippen molar-refractivity contribution in [1.29, 1.82) is 0 Å². The third-order valence-electron chi connectivity index (χ3n) is 3.22. The molecule has 20 heavy (non-hydrogen) atoms. The van der Waals surface area contributed by atoms with Crippen LogP contribution < -0.4 is 0 Å². The van der Waals surface area contributed by atoms with E-state index in [1.807, 2.05) is 18.2 Å². The maximum Gasteiger partial charge on any atom is 0.143 e. The summed E-state index contributed by atoms with van der Waals surface area (Å²) in [5.41, 5.74) is 3.14. The van der Waals surface area contributed by atoms with Crippen LogP contribution in [0.5, 0.6) is 5.75 Å². The van der Waals surface area contributed by atoms with Crippen LogP contribution in [0.25, 0.3) is 16.7 Å². The molecule has 0 aliphatic carbocycles. The standard InChI is InChI=1S/C15H14ClN3O/c1-9(2)10-3-6-15(20)14(7-10)19-17-12-5-4-11(16)8-13(12)18-19/h3-9,20H,1-2H3. The highest BCUT2D eigenvalue weighted by Gasteiger charge is 2.11. The zero-order chi connectivity index (χ0) is 14.3. The van der Waals surface area contributed by atoms with Crippen molar-refractivity contribution in [3.8, 4) is 11.4 Å². The second-order valence-corrected chi connectivity index (χ2v) is 5.46. The fourth-order valence-electron chi connectivity index (χ4n) is 2.06. The summed E-state index contributed by atoms with van der Waals surface area (Å²) in [6.07, 6.45) is 0. The predicted octanol–water partition coefficient (Wildman–Crippen LogP) is 3.90. The topological polar surface area (TPSA) is 50.9 Å². The van der Waals surface area contributed by atoms with Crippen molar-refractivity contribution in [3.63, 3.8) is 0 Å². The number of aromatic hydroxyl groups is 1. The van der Waals surface area contributed by atoms with Crippen LogP contribution in [-0.2, 0) is 0 Å². The van der Waals surface area contributed by atoms with Gasteiger partial charge in [0.05, 0.1) is 0 Å². The molecule has 4 nitrogen and oxygen atoms in total. The molecule has 1 aromatic heterocycles. The minimum atomic E-state index is 0.154. The molecular weight excluding hydrogens is 274 g/mol. The van der Waals surface area contributed by atoms with Gasteiger partial charge in [-0.15, -0.1) is 15.0 Å². The molecule has 0 radical (unpaired) electrons. The van der Waals surface area contributed by atoms with Crippen molar-refractivity contribution in [2.24, 2.45) is 0 Å². The Morgan fingerprint density at radius 1 is 1.05 bits per heavy atom. The molecule has 0 unspecified atom stereocenters. The summed E-state index contributed by atoms with van der Waals surface area (Å²) in [5.74, 6) is 0.523. The number of nitrogens with zero attached hydrogens (tertiary/aromatic N) is 3. The number of aromatic nitrogens is 3. The van der Waals surface area contributed by atoms with Crippen molar-refractivity contribution >= 4 is 22.6 Å². The van der Waals surface area contributed by atoms with E-state index in [4.69, 9.17) is 11.6 Å². The maximum absolute atomic E-state index is 10.0. The molecule has 1 N–H and O–H groups in total. The lowest BCUT2D eigenvalue weighted by Gasteiger charge is -2.09. The summed E-state index contributed by atoms with van der Waals surface area (Å²) in [7, 11) is 0. The molecule has 0 bridgehead atoms. The van der Waals surface area contributed by atoms with Crippen LogP contribution in [-0.4, -0.2) is 20.1 Å². The fourth-order valence-corrected chi connectivity index (χ4v) is 2.22. The van der Waals surface area contributed by atoms with Gasteiger partial charge in [-0.05, 0) is 41.8 Å². The molecule has 3 aromatic rings. The molecule has 0 atom stereocenters. The molecule has 0 saturated heterocycles. The first-order chi connectivity index (χ1) is 9.54. The highest BCUT2D eigenvalue weighted by atomic mass is 35.5. The molecule has 3 rings (SSSR count). The molecule has 0 aliphatic rings. The average molecular weight is 288 g/mol. The van der Waals surface area contributed by atoms with E-state index in [9.17, 15) is 5.11 Å².